The molecule has 1 amide bonds. The highest BCUT2D eigenvalue weighted by atomic mass is 35.5. The van der Waals surface area contributed by atoms with Gasteiger partial charge in [0.25, 0.3) is 5.91 Å². The van der Waals surface area contributed by atoms with Gasteiger partial charge < -0.3 is 4.90 Å². The van der Waals surface area contributed by atoms with Crippen molar-refractivity contribution in [3.05, 3.63) is 58.4 Å². The van der Waals surface area contributed by atoms with Gasteiger partial charge in [-0.25, -0.2) is 4.98 Å². The highest BCUT2D eigenvalue weighted by molar-refractivity contribution is 6.29. The molecular formula is C15H13ClN2O. The van der Waals surface area contributed by atoms with Crippen molar-refractivity contribution in [3.63, 3.8) is 0 Å². The smallest absolute Gasteiger partial charge is 0.258 e. The number of fused-ring (bicyclic) bond motifs is 1. The van der Waals surface area contributed by atoms with Crippen molar-refractivity contribution in [3.8, 4) is 0 Å². The fraction of sp³-hybridized carbons (Fsp3) is 0.200. The Kier molecular flexibility index (Phi) is 2.99. The molecule has 0 fully saturated rings. The quantitative estimate of drug-likeness (QED) is 0.747. The fourth-order valence-electron chi connectivity index (χ4n) is 2.39. The van der Waals surface area contributed by atoms with E-state index in [1.807, 2.05) is 11.8 Å². The van der Waals surface area contributed by atoms with E-state index in [2.05, 4.69) is 23.2 Å². The molecule has 0 N–H and O–H groups in total. The molecule has 96 valence electrons. The number of halogens is 1. The lowest BCUT2D eigenvalue weighted by Crippen LogP contribution is -2.28. The first-order valence-electron chi connectivity index (χ1n) is 6.18. The number of aryl methyl sites for hydroxylation is 1. The molecule has 0 radical (unpaired) electrons. The number of benzene rings is 1. The van der Waals surface area contributed by atoms with Crippen molar-refractivity contribution in [2.45, 2.75) is 13.3 Å². The molecule has 0 bridgehead atoms. The van der Waals surface area contributed by atoms with Gasteiger partial charge in [-0.2, -0.15) is 0 Å². The Morgan fingerprint density at radius 1 is 1.32 bits per heavy atom. The number of aromatic nitrogens is 1. The summed E-state index contributed by atoms with van der Waals surface area (Å²) in [5.41, 5.74) is 3.97. The normalized spacial score (nSPS) is 13.5. The molecule has 3 rings (SSSR count). The van der Waals surface area contributed by atoms with Crippen molar-refractivity contribution in [1.82, 2.24) is 4.98 Å². The summed E-state index contributed by atoms with van der Waals surface area (Å²) in [4.78, 5) is 18.2. The minimum absolute atomic E-state index is 0.0198. The van der Waals surface area contributed by atoms with Gasteiger partial charge in [-0.15, -0.1) is 0 Å². The molecule has 19 heavy (non-hydrogen) atoms. The molecule has 0 aliphatic carbocycles. The molecule has 1 aromatic carbocycles. The van der Waals surface area contributed by atoms with Crippen LogP contribution in [0.5, 0.6) is 0 Å². The Morgan fingerprint density at radius 2 is 2.16 bits per heavy atom. The maximum absolute atomic E-state index is 12.5. The highest BCUT2D eigenvalue weighted by Gasteiger charge is 2.25. The van der Waals surface area contributed by atoms with Crippen LogP contribution in [0.15, 0.2) is 36.5 Å². The van der Waals surface area contributed by atoms with Crippen LogP contribution in [0.25, 0.3) is 0 Å². The summed E-state index contributed by atoms with van der Waals surface area (Å²) in [5.74, 6) is -0.0198. The summed E-state index contributed by atoms with van der Waals surface area (Å²) < 4.78 is 0. The average Bonchev–Trinajstić information content (AvgIpc) is 2.80. The molecule has 4 heteroatoms. The molecule has 0 unspecified atom stereocenters. The van der Waals surface area contributed by atoms with Gasteiger partial charge in [0.15, 0.2) is 0 Å². The molecule has 0 saturated carbocycles. The van der Waals surface area contributed by atoms with Gasteiger partial charge in [-0.3, -0.25) is 4.79 Å². The summed E-state index contributed by atoms with van der Waals surface area (Å²) in [5, 5.41) is 0.342. The third kappa shape index (κ3) is 2.22. The first-order chi connectivity index (χ1) is 9.15. The fourth-order valence-corrected chi connectivity index (χ4v) is 2.57. The van der Waals surface area contributed by atoms with Crippen molar-refractivity contribution in [2.24, 2.45) is 0 Å². The van der Waals surface area contributed by atoms with Crippen molar-refractivity contribution in [2.75, 3.05) is 11.4 Å². The largest absolute Gasteiger partial charge is 0.308 e. The lowest BCUT2D eigenvalue weighted by atomic mass is 10.1. The first-order valence-corrected chi connectivity index (χ1v) is 6.56. The van der Waals surface area contributed by atoms with Gasteiger partial charge in [0, 0.05) is 24.0 Å². The Hall–Kier alpha value is -1.87. The van der Waals surface area contributed by atoms with Crippen LogP contribution in [0, 0.1) is 6.92 Å². The van der Waals surface area contributed by atoms with Gasteiger partial charge in [0.1, 0.15) is 5.15 Å². The Morgan fingerprint density at radius 3 is 2.95 bits per heavy atom. The number of carbonyl (C=O) groups excluding carboxylic acids is 1. The summed E-state index contributed by atoms with van der Waals surface area (Å²) in [6.07, 6.45) is 2.46. The summed E-state index contributed by atoms with van der Waals surface area (Å²) >= 11 is 5.84. The predicted octanol–water partition coefficient (Wildman–Crippen LogP) is 3.25. The number of carbonyl (C=O) groups is 1. The van der Waals surface area contributed by atoms with Gasteiger partial charge in [0.2, 0.25) is 0 Å². The van der Waals surface area contributed by atoms with Gasteiger partial charge in [-0.05, 0) is 42.7 Å². The maximum atomic E-state index is 12.5. The van der Waals surface area contributed by atoms with E-state index in [-0.39, 0.29) is 5.91 Å². The van der Waals surface area contributed by atoms with Gasteiger partial charge >= 0.3 is 0 Å². The number of hydrogen-bond donors (Lipinski definition) is 0. The minimum atomic E-state index is -0.0198. The number of amides is 1. The molecule has 1 aliphatic rings. The molecular weight excluding hydrogens is 260 g/mol. The van der Waals surface area contributed by atoms with Crippen LogP contribution in [0.1, 0.15) is 21.5 Å². The van der Waals surface area contributed by atoms with Crippen LogP contribution < -0.4 is 4.90 Å². The molecule has 0 saturated heterocycles. The summed E-state index contributed by atoms with van der Waals surface area (Å²) in [7, 11) is 0. The number of hydrogen-bond acceptors (Lipinski definition) is 2. The predicted molar refractivity (Wildman–Crippen MR) is 75.8 cm³/mol. The number of anilines is 1. The third-order valence-corrected chi connectivity index (χ3v) is 3.56. The zero-order valence-electron chi connectivity index (χ0n) is 10.6. The number of nitrogens with zero attached hydrogens (tertiary/aromatic N) is 2. The van der Waals surface area contributed by atoms with Crippen LogP contribution in [0.3, 0.4) is 0 Å². The maximum Gasteiger partial charge on any atom is 0.258 e. The summed E-state index contributed by atoms with van der Waals surface area (Å²) in [6, 6.07) is 9.54. The van der Waals surface area contributed by atoms with E-state index in [9.17, 15) is 4.79 Å². The monoisotopic (exact) mass is 272 g/mol. The molecule has 0 atom stereocenters. The van der Waals surface area contributed by atoms with E-state index in [4.69, 9.17) is 11.6 Å². The van der Waals surface area contributed by atoms with Crippen LogP contribution in [0.4, 0.5) is 5.69 Å². The molecule has 2 heterocycles. The zero-order valence-corrected chi connectivity index (χ0v) is 11.3. The Labute approximate surface area is 116 Å². The third-order valence-electron chi connectivity index (χ3n) is 3.36. The van der Waals surface area contributed by atoms with Crippen LogP contribution in [0.2, 0.25) is 5.15 Å². The zero-order chi connectivity index (χ0) is 13.4. The van der Waals surface area contributed by atoms with Gasteiger partial charge in [0.05, 0.1) is 0 Å². The molecule has 2 aromatic rings. The SMILES string of the molecule is Cc1ccc2c(c1)N(C(=O)c1ccnc(Cl)c1)CC2. The second-order valence-corrected chi connectivity index (χ2v) is 5.09. The lowest BCUT2D eigenvalue weighted by Gasteiger charge is -2.17. The van der Waals surface area contributed by atoms with E-state index < -0.39 is 0 Å². The second kappa shape index (κ2) is 4.67. The van der Waals surface area contributed by atoms with E-state index in [1.54, 1.807) is 18.3 Å². The van der Waals surface area contributed by atoms with E-state index in [1.165, 1.54) is 5.56 Å². The van der Waals surface area contributed by atoms with E-state index in [0.29, 0.717) is 10.7 Å². The van der Waals surface area contributed by atoms with Crippen molar-refractivity contribution in [1.29, 1.82) is 0 Å². The Balaban J connectivity index is 1.97. The van der Waals surface area contributed by atoms with Crippen LogP contribution in [-0.4, -0.2) is 17.4 Å². The van der Waals surface area contributed by atoms with Gasteiger partial charge in [-0.1, -0.05) is 23.7 Å². The topological polar surface area (TPSA) is 33.2 Å². The Bertz CT molecular complexity index is 654. The average molecular weight is 273 g/mol. The standard InChI is InChI=1S/C15H13ClN2O/c1-10-2-3-11-5-7-18(13(11)8-10)15(19)12-4-6-17-14(16)9-12/h2-4,6,8-9H,5,7H2,1H3. The second-order valence-electron chi connectivity index (χ2n) is 4.71. The van der Waals surface area contributed by atoms with E-state index >= 15 is 0 Å². The lowest BCUT2D eigenvalue weighted by molar-refractivity contribution is 0.0989. The molecule has 0 spiro atoms. The first kappa shape index (κ1) is 12.2. The number of pyridine rings is 1. The summed E-state index contributed by atoms with van der Waals surface area (Å²) in [6.45, 7) is 2.75. The molecule has 1 aromatic heterocycles. The molecule has 3 nitrogen and oxygen atoms in total. The molecule has 1 aliphatic heterocycles. The highest BCUT2D eigenvalue weighted by Crippen LogP contribution is 2.30. The van der Waals surface area contributed by atoms with E-state index in [0.717, 1.165) is 24.2 Å². The minimum Gasteiger partial charge on any atom is -0.308 e. The van der Waals surface area contributed by atoms with Crippen LogP contribution in [-0.2, 0) is 6.42 Å². The van der Waals surface area contributed by atoms with Crippen molar-refractivity contribution >= 4 is 23.2 Å². The van der Waals surface area contributed by atoms with Crippen LogP contribution >= 0.6 is 11.6 Å². The number of rotatable bonds is 1. The van der Waals surface area contributed by atoms with Crippen molar-refractivity contribution < 1.29 is 4.79 Å².